The Hall–Kier alpha value is -0.910. The maximum absolute atomic E-state index is 10.8. The van der Waals surface area contributed by atoms with E-state index in [1.165, 1.54) is 6.92 Å². The van der Waals surface area contributed by atoms with E-state index >= 15 is 0 Å². The van der Waals surface area contributed by atoms with Gasteiger partial charge in [-0.05, 0) is 17.4 Å². The fourth-order valence-corrected chi connectivity index (χ4v) is 2.58. The largest absolute Gasteiger partial charge is 0.386 e. The first-order valence-corrected chi connectivity index (χ1v) is 7.09. The lowest BCUT2D eigenvalue weighted by molar-refractivity contribution is -0.118. The zero-order valence-corrected chi connectivity index (χ0v) is 12.0. The molecule has 0 radical (unpaired) electrons. The smallest absolute Gasteiger partial charge is 0.216 e. The molecule has 4 nitrogen and oxygen atoms in total. The third-order valence-corrected chi connectivity index (χ3v) is 3.72. The second kappa shape index (κ2) is 7.51. The Labute approximate surface area is 112 Å². The molecule has 0 bridgehead atoms. The molecule has 2 unspecified atom stereocenters. The van der Waals surface area contributed by atoms with Crippen molar-refractivity contribution in [2.75, 3.05) is 13.1 Å². The molecule has 1 heterocycles. The molecule has 0 saturated heterocycles. The lowest BCUT2D eigenvalue weighted by Gasteiger charge is -2.27. The quantitative estimate of drug-likeness (QED) is 0.659. The van der Waals surface area contributed by atoms with E-state index in [1.807, 2.05) is 17.5 Å². The highest BCUT2D eigenvalue weighted by Gasteiger charge is 2.23. The summed E-state index contributed by atoms with van der Waals surface area (Å²) >= 11 is 1.56. The van der Waals surface area contributed by atoms with E-state index in [9.17, 15) is 9.90 Å². The maximum atomic E-state index is 10.8. The zero-order chi connectivity index (χ0) is 13.5. The van der Waals surface area contributed by atoms with Crippen molar-refractivity contribution in [3.8, 4) is 0 Å². The van der Waals surface area contributed by atoms with E-state index in [2.05, 4.69) is 24.5 Å². The summed E-state index contributed by atoms with van der Waals surface area (Å²) < 4.78 is 0. The van der Waals surface area contributed by atoms with Gasteiger partial charge in [-0.15, -0.1) is 11.3 Å². The van der Waals surface area contributed by atoms with Gasteiger partial charge in [-0.3, -0.25) is 4.79 Å². The third kappa shape index (κ3) is 4.76. The number of aliphatic hydroxyl groups is 1. The van der Waals surface area contributed by atoms with Crippen LogP contribution >= 0.6 is 11.3 Å². The van der Waals surface area contributed by atoms with Crippen LogP contribution in [-0.2, 0) is 4.79 Å². The van der Waals surface area contributed by atoms with Crippen molar-refractivity contribution in [1.82, 2.24) is 10.6 Å². The average molecular weight is 270 g/mol. The predicted molar refractivity (Wildman–Crippen MR) is 74.6 cm³/mol. The van der Waals surface area contributed by atoms with E-state index in [-0.39, 0.29) is 11.9 Å². The molecular weight excluding hydrogens is 248 g/mol. The van der Waals surface area contributed by atoms with Crippen molar-refractivity contribution in [1.29, 1.82) is 0 Å². The van der Waals surface area contributed by atoms with Crippen LogP contribution in [0.5, 0.6) is 0 Å². The number of amides is 1. The minimum Gasteiger partial charge on any atom is -0.386 e. The topological polar surface area (TPSA) is 61.4 Å². The lowest BCUT2D eigenvalue weighted by atomic mass is 9.97. The Kier molecular flexibility index (Phi) is 6.32. The Morgan fingerprint density at radius 1 is 1.44 bits per heavy atom. The molecule has 18 heavy (non-hydrogen) atoms. The summed E-state index contributed by atoms with van der Waals surface area (Å²) in [6, 6.07) is 3.88. The molecule has 1 rings (SSSR count). The van der Waals surface area contributed by atoms with Gasteiger partial charge in [0, 0.05) is 30.9 Å². The van der Waals surface area contributed by atoms with E-state index in [0.29, 0.717) is 19.0 Å². The first-order chi connectivity index (χ1) is 8.52. The molecule has 0 aliphatic rings. The van der Waals surface area contributed by atoms with Gasteiger partial charge in [0.05, 0.1) is 0 Å². The van der Waals surface area contributed by atoms with Crippen LogP contribution in [0.1, 0.15) is 31.8 Å². The Bertz CT molecular complexity index is 352. The van der Waals surface area contributed by atoms with Crippen LogP contribution in [0.4, 0.5) is 0 Å². The third-order valence-electron chi connectivity index (χ3n) is 2.77. The normalized spacial score (nSPS) is 14.5. The van der Waals surface area contributed by atoms with Crippen LogP contribution in [0.3, 0.4) is 0 Å². The summed E-state index contributed by atoms with van der Waals surface area (Å²) in [5, 5.41) is 18.3. The number of rotatable bonds is 7. The second-order valence-corrected chi connectivity index (χ2v) is 5.65. The number of nitrogens with one attached hydrogen (secondary N) is 2. The van der Waals surface area contributed by atoms with Crippen LogP contribution < -0.4 is 10.6 Å². The highest BCUT2D eigenvalue weighted by molar-refractivity contribution is 7.10. The van der Waals surface area contributed by atoms with Crippen molar-refractivity contribution in [2.45, 2.75) is 32.9 Å². The molecule has 0 fully saturated rings. The summed E-state index contributed by atoms with van der Waals surface area (Å²) in [6.45, 7) is 6.89. The Morgan fingerprint density at radius 3 is 2.67 bits per heavy atom. The van der Waals surface area contributed by atoms with E-state index in [0.717, 1.165) is 4.88 Å². The molecular formula is C13H22N2O2S. The molecule has 102 valence electrons. The number of thiophene rings is 1. The first-order valence-electron chi connectivity index (χ1n) is 6.21. The van der Waals surface area contributed by atoms with Crippen LogP contribution in [0.25, 0.3) is 0 Å². The summed E-state index contributed by atoms with van der Waals surface area (Å²) in [7, 11) is 0. The van der Waals surface area contributed by atoms with Crippen LogP contribution in [0, 0.1) is 5.92 Å². The molecule has 0 saturated carbocycles. The standard InChI is InChI=1S/C13H22N2O2S/c1-9(2)12(15-7-6-14-10(3)16)13(17)11-5-4-8-18-11/h4-5,8-9,12-13,15,17H,6-7H2,1-3H3,(H,14,16). The molecule has 0 spiro atoms. The number of carbonyl (C=O) groups excluding carboxylic acids is 1. The summed E-state index contributed by atoms with van der Waals surface area (Å²) in [6.07, 6.45) is -0.498. The van der Waals surface area contributed by atoms with Gasteiger partial charge in [-0.25, -0.2) is 0 Å². The maximum Gasteiger partial charge on any atom is 0.216 e. The second-order valence-electron chi connectivity index (χ2n) is 4.67. The van der Waals surface area contributed by atoms with Crippen LogP contribution in [-0.4, -0.2) is 30.1 Å². The van der Waals surface area contributed by atoms with Crippen molar-refractivity contribution in [2.24, 2.45) is 5.92 Å². The van der Waals surface area contributed by atoms with Gasteiger partial charge in [0.1, 0.15) is 6.10 Å². The highest BCUT2D eigenvalue weighted by atomic mass is 32.1. The summed E-state index contributed by atoms with van der Waals surface area (Å²) in [4.78, 5) is 11.7. The average Bonchev–Trinajstić information content (AvgIpc) is 2.80. The van der Waals surface area contributed by atoms with Crippen molar-refractivity contribution in [3.63, 3.8) is 0 Å². The molecule has 2 atom stereocenters. The molecule has 1 aromatic heterocycles. The summed E-state index contributed by atoms with van der Waals surface area (Å²) in [5.41, 5.74) is 0. The molecule has 1 aromatic rings. The number of hydrogen-bond donors (Lipinski definition) is 3. The van der Waals surface area contributed by atoms with Gasteiger partial charge in [0.2, 0.25) is 5.91 Å². The summed E-state index contributed by atoms with van der Waals surface area (Å²) in [5.74, 6) is 0.288. The highest BCUT2D eigenvalue weighted by Crippen LogP contribution is 2.25. The number of aliphatic hydroxyl groups excluding tert-OH is 1. The molecule has 1 amide bonds. The van der Waals surface area contributed by atoms with Crippen molar-refractivity contribution in [3.05, 3.63) is 22.4 Å². The first kappa shape index (κ1) is 15.1. The van der Waals surface area contributed by atoms with Gasteiger partial charge in [-0.1, -0.05) is 19.9 Å². The van der Waals surface area contributed by atoms with Crippen molar-refractivity contribution >= 4 is 17.2 Å². The van der Waals surface area contributed by atoms with Gasteiger partial charge in [-0.2, -0.15) is 0 Å². The minimum atomic E-state index is -0.498. The molecule has 0 aliphatic heterocycles. The Balaban J connectivity index is 2.47. The van der Waals surface area contributed by atoms with Gasteiger partial charge in [0.25, 0.3) is 0 Å². The van der Waals surface area contributed by atoms with Gasteiger partial charge >= 0.3 is 0 Å². The fraction of sp³-hybridized carbons (Fsp3) is 0.615. The number of carbonyl (C=O) groups is 1. The van der Waals surface area contributed by atoms with Crippen LogP contribution in [0.15, 0.2) is 17.5 Å². The zero-order valence-electron chi connectivity index (χ0n) is 11.1. The van der Waals surface area contributed by atoms with E-state index < -0.39 is 6.10 Å². The van der Waals surface area contributed by atoms with Crippen LogP contribution in [0.2, 0.25) is 0 Å². The van der Waals surface area contributed by atoms with Gasteiger partial charge in [0.15, 0.2) is 0 Å². The molecule has 5 heteroatoms. The monoisotopic (exact) mass is 270 g/mol. The number of hydrogen-bond acceptors (Lipinski definition) is 4. The van der Waals surface area contributed by atoms with Crippen molar-refractivity contribution < 1.29 is 9.90 Å². The fourth-order valence-electron chi connectivity index (χ4n) is 1.83. The predicted octanol–water partition coefficient (Wildman–Crippen LogP) is 1.53. The van der Waals surface area contributed by atoms with E-state index in [4.69, 9.17) is 0 Å². The lowest BCUT2D eigenvalue weighted by Crippen LogP contribution is -2.42. The molecule has 3 N–H and O–H groups in total. The Morgan fingerprint density at radius 2 is 2.17 bits per heavy atom. The van der Waals surface area contributed by atoms with Gasteiger partial charge < -0.3 is 15.7 Å². The minimum absolute atomic E-state index is 0.00240. The molecule has 0 aliphatic carbocycles. The van der Waals surface area contributed by atoms with E-state index in [1.54, 1.807) is 11.3 Å². The SMILES string of the molecule is CC(=O)NCCNC(C(C)C)C(O)c1cccs1. The molecule has 0 aromatic carbocycles.